The number of fused-ring (bicyclic) bond motifs is 1. The van der Waals surface area contributed by atoms with E-state index in [-0.39, 0.29) is 16.5 Å². The molecule has 0 saturated heterocycles. The Bertz CT molecular complexity index is 814. The molecule has 0 spiro atoms. The Hall–Kier alpha value is -1.93. The molecular weight excluding hydrogens is 366 g/mol. The number of rotatable bonds is 3. The summed E-state index contributed by atoms with van der Waals surface area (Å²) in [6.07, 6.45) is -2.59. The third-order valence-corrected chi connectivity index (χ3v) is 4.42. The van der Waals surface area contributed by atoms with Crippen LogP contribution in [-0.2, 0) is 0 Å². The molecular formula is C15H10ClF4N3S. The second kappa shape index (κ2) is 6.90. The van der Waals surface area contributed by atoms with Gasteiger partial charge in [-0.2, -0.15) is 0 Å². The number of benzene rings is 2. The van der Waals surface area contributed by atoms with Gasteiger partial charge in [-0.25, -0.2) is 22.6 Å². The molecule has 0 saturated carbocycles. The molecule has 0 radical (unpaired) electrons. The van der Waals surface area contributed by atoms with Gasteiger partial charge in [-0.1, -0.05) is 23.7 Å². The molecule has 0 aliphatic carbocycles. The van der Waals surface area contributed by atoms with Crippen molar-refractivity contribution in [1.82, 2.24) is 4.72 Å². The normalized spacial score (nSPS) is 15.2. The number of guanidine groups is 1. The molecule has 0 unspecified atom stereocenters. The van der Waals surface area contributed by atoms with E-state index < -0.39 is 24.6 Å². The topological polar surface area (TPSA) is 36.4 Å². The molecule has 2 N–H and O–H groups in total. The Labute approximate surface area is 144 Å². The van der Waals surface area contributed by atoms with Crippen LogP contribution in [0.3, 0.4) is 0 Å². The number of halogens is 5. The first-order valence-electron chi connectivity index (χ1n) is 6.76. The molecule has 1 aliphatic rings. The van der Waals surface area contributed by atoms with Crippen LogP contribution in [0.5, 0.6) is 0 Å². The fourth-order valence-corrected chi connectivity index (χ4v) is 3.18. The maximum Gasteiger partial charge on any atom is 0.257 e. The molecule has 0 bridgehead atoms. The standard InChI is InChI=1S/C15H10ClF4N3S/c16-13-8(2-1-3-10(13)18)9-4-7(17)5-11-14(9)22-15(23-24-11)21-6-12(19)20/h1-5,12H,6H2,(H2,21,22,23). The number of hydrogen-bond donors (Lipinski definition) is 2. The van der Waals surface area contributed by atoms with Crippen molar-refractivity contribution in [2.45, 2.75) is 11.3 Å². The lowest BCUT2D eigenvalue weighted by Gasteiger charge is -2.23. The van der Waals surface area contributed by atoms with Crippen LogP contribution in [0.1, 0.15) is 0 Å². The van der Waals surface area contributed by atoms with Crippen molar-refractivity contribution in [3.05, 3.63) is 47.0 Å². The van der Waals surface area contributed by atoms with E-state index in [0.717, 1.165) is 11.9 Å². The van der Waals surface area contributed by atoms with Crippen LogP contribution in [0.2, 0.25) is 5.02 Å². The second-order valence-corrected chi connectivity index (χ2v) is 6.06. The summed E-state index contributed by atoms with van der Waals surface area (Å²) in [7, 11) is 0. The number of nitrogens with one attached hydrogen (secondary N) is 2. The van der Waals surface area contributed by atoms with Crippen LogP contribution in [0.15, 0.2) is 40.2 Å². The van der Waals surface area contributed by atoms with Gasteiger partial charge in [-0.15, -0.1) is 0 Å². The van der Waals surface area contributed by atoms with Crippen LogP contribution in [0, 0.1) is 11.6 Å². The lowest BCUT2D eigenvalue weighted by Crippen LogP contribution is -2.30. The Morgan fingerprint density at radius 1 is 1.17 bits per heavy atom. The van der Waals surface area contributed by atoms with Gasteiger partial charge in [-0.3, -0.25) is 4.72 Å². The summed E-state index contributed by atoms with van der Waals surface area (Å²) >= 11 is 7.00. The van der Waals surface area contributed by atoms with E-state index in [1.54, 1.807) is 6.07 Å². The van der Waals surface area contributed by atoms with Gasteiger partial charge in [0, 0.05) is 11.1 Å². The SMILES string of the molecule is Fc1cc2c(c(-c3cccc(F)c3Cl)c1)NC(=NCC(F)F)NS2. The predicted molar refractivity (Wildman–Crippen MR) is 87.7 cm³/mol. The third kappa shape index (κ3) is 3.44. The van der Waals surface area contributed by atoms with Gasteiger partial charge in [0.1, 0.15) is 18.2 Å². The summed E-state index contributed by atoms with van der Waals surface area (Å²) in [6, 6.07) is 6.65. The van der Waals surface area contributed by atoms with E-state index in [9.17, 15) is 17.6 Å². The van der Waals surface area contributed by atoms with Crippen molar-refractivity contribution < 1.29 is 17.6 Å². The van der Waals surface area contributed by atoms with Crippen LogP contribution < -0.4 is 10.0 Å². The first-order chi connectivity index (χ1) is 11.5. The van der Waals surface area contributed by atoms with Crippen molar-refractivity contribution >= 4 is 35.2 Å². The molecule has 1 heterocycles. The van der Waals surface area contributed by atoms with Crippen molar-refractivity contribution in [1.29, 1.82) is 0 Å². The van der Waals surface area contributed by atoms with Crippen LogP contribution in [0.25, 0.3) is 11.1 Å². The van der Waals surface area contributed by atoms with Crippen LogP contribution in [0.4, 0.5) is 23.2 Å². The largest absolute Gasteiger partial charge is 0.324 e. The highest BCUT2D eigenvalue weighted by atomic mass is 35.5. The maximum absolute atomic E-state index is 13.9. The minimum atomic E-state index is -2.59. The van der Waals surface area contributed by atoms with Gasteiger partial charge in [0.15, 0.2) is 0 Å². The average molecular weight is 376 g/mol. The first kappa shape index (κ1) is 16.9. The number of hydrogen-bond acceptors (Lipinski definition) is 2. The molecule has 126 valence electrons. The minimum Gasteiger partial charge on any atom is -0.324 e. The molecule has 3 rings (SSSR count). The summed E-state index contributed by atoms with van der Waals surface area (Å²) < 4.78 is 54.9. The first-order valence-corrected chi connectivity index (χ1v) is 7.95. The Morgan fingerprint density at radius 3 is 2.71 bits per heavy atom. The quantitative estimate of drug-likeness (QED) is 0.590. The molecule has 0 aromatic heterocycles. The summed E-state index contributed by atoms with van der Waals surface area (Å²) in [4.78, 5) is 4.18. The molecule has 2 aromatic carbocycles. The van der Waals surface area contributed by atoms with Crippen LogP contribution >= 0.6 is 23.5 Å². The van der Waals surface area contributed by atoms with Gasteiger partial charge in [-0.05, 0) is 30.1 Å². The zero-order valence-corrected chi connectivity index (χ0v) is 13.5. The highest BCUT2D eigenvalue weighted by Crippen LogP contribution is 2.41. The summed E-state index contributed by atoms with van der Waals surface area (Å²) in [5.74, 6) is -1.07. The molecule has 3 nitrogen and oxygen atoms in total. The lowest BCUT2D eigenvalue weighted by atomic mass is 10.0. The van der Waals surface area contributed by atoms with Gasteiger partial charge in [0.2, 0.25) is 5.96 Å². The Balaban J connectivity index is 2.08. The second-order valence-electron chi connectivity index (χ2n) is 4.84. The zero-order chi connectivity index (χ0) is 17.3. The molecule has 24 heavy (non-hydrogen) atoms. The van der Waals surface area contributed by atoms with Gasteiger partial charge in [0.05, 0.1) is 15.6 Å². The monoisotopic (exact) mass is 375 g/mol. The third-order valence-electron chi connectivity index (χ3n) is 3.20. The van der Waals surface area contributed by atoms with E-state index in [2.05, 4.69) is 15.0 Å². The number of nitrogens with zero attached hydrogens (tertiary/aromatic N) is 1. The summed E-state index contributed by atoms with van der Waals surface area (Å²) in [5.41, 5.74) is 1.02. The molecule has 0 amide bonds. The highest BCUT2D eigenvalue weighted by Gasteiger charge is 2.22. The summed E-state index contributed by atoms with van der Waals surface area (Å²) in [5, 5.41) is 2.68. The fraction of sp³-hybridized carbons (Fsp3) is 0.133. The van der Waals surface area contributed by atoms with Crippen molar-refractivity contribution in [2.75, 3.05) is 11.9 Å². The van der Waals surface area contributed by atoms with E-state index in [1.807, 2.05) is 0 Å². The Kier molecular flexibility index (Phi) is 4.86. The fourth-order valence-electron chi connectivity index (χ4n) is 2.19. The minimum absolute atomic E-state index is 0.105. The average Bonchev–Trinajstić information content (AvgIpc) is 2.55. The highest BCUT2D eigenvalue weighted by molar-refractivity contribution is 7.98. The van der Waals surface area contributed by atoms with Crippen molar-refractivity contribution in [3.8, 4) is 11.1 Å². The molecule has 2 aromatic rings. The number of aliphatic imine (C=N–C) groups is 1. The number of anilines is 1. The predicted octanol–water partition coefficient (Wildman–Crippen LogP) is 4.93. The molecule has 9 heteroatoms. The summed E-state index contributed by atoms with van der Waals surface area (Å²) in [6.45, 7) is -0.678. The molecule has 1 aliphatic heterocycles. The number of alkyl halides is 2. The maximum atomic E-state index is 13.9. The van der Waals surface area contributed by atoms with E-state index in [4.69, 9.17) is 11.6 Å². The molecule has 0 atom stereocenters. The smallest absolute Gasteiger partial charge is 0.257 e. The van der Waals surface area contributed by atoms with E-state index in [1.165, 1.54) is 24.3 Å². The van der Waals surface area contributed by atoms with Crippen LogP contribution in [-0.4, -0.2) is 18.9 Å². The Morgan fingerprint density at radius 2 is 1.96 bits per heavy atom. The van der Waals surface area contributed by atoms with Gasteiger partial charge < -0.3 is 5.32 Å². The van der Waals surface area contributed by atoms with E-state index >= 15 is 0 Å². The zero-order valence-electron chi connectivity index (χ0n) is 11.9. The van der Waals surface area contributed by atoms with Gasteiger partial charge >= 0.3 is 0 Å². The van der Waals surface area contributed by atoms with Crippen molar-refractivity contribution in [3.63, 3.8) is 0 Å². The van der Waals surface area contributed by atoms with Crippen molar-refractivity contribution in [2.24, 2.45) is 4.99 Å². The van der Waals surface area contributed by atoms with Gasteiger partial charge in [0.25, 0.3) is 6.43 Å². The molecule has 0 fully saturated rings. The van der Waals surface area contributed by atoms with E-state index in [0.29, 0.717) is 16.1 Å². The lowest BCUT2D eigenvalue weighted by molar-refractivity contribution is 0.158.